The van der Waals surface area contributed by atoms with Gasteiger partial charge in [-0.25, -0.2) is 4.79 Å². The number of nitrogens with zero attached hydrogens (tertiary/aromatic N) is 1. The Morgan fingerprint density at radius 1 is 1.21 bits per heavy atom. The molecule has 0 atom stereocenters. The van der Waals surface area contributed by atoms with Crippen molar-refractivity contribution in [2.24, 2.45) is 0 Å². The lowest BCUT2D eigenvalue weighted by atomic mass is 10.2. The minimum atomic E-state index is -0.614. The molecule has 0 aliphatic heterocycles. The average molecular weight is 335 g/mol. The molecule has 0 aliphatic rings. The molecule has 24 heavy (non-hydrogen) atoms. The summed E-state index contributed by atoms with van der Waals surface area (Å²) in [4.78, 5) is 25.3. The lowest BCUT2D eigenvalue weighted by Gasteiger charge is -2.20. The Labute approximate surface area is 143 Å². The number of benzene rings is 1. The zero-order valence-corrected chi connectivity index (χ0v) is 14.8. The number of likely N-dealkylation sites (N-methyl/N-ethyl adjacent to an activating group) is 1. The van der Waals surface area contributed by atoms with E-state index in [0.29, 0.717) is 24.6 Å². The van der Waals surface area contributed by atoms with Crippen LogP contribution in [0.1, 0.15) is 19.4 Å². The van der Waals surface area contributed by atoms with Crippen LogP contribution in [-0.2, 0) is 14.3 Å². The maximum atomic E-state index is 12.0. The number of esters is 1. The fourth-order valence-electron chi connectivity index (χ4n) is 2.01. The summed E-state index contributed by atoms with van der Waals surface area (Å²) in [5.41, 5.74) is 1.89. The predicted octanol–water partition coefficient (Wildman–Crippen LogP) is 2.35. The van der Waals surface area contributed by atoms with Gasteiger partial charge in [-0.1, -0.05) is 18.2 Å². The summed E-state index contributed by atoms with van der Waals surface area (Å²) >= 11 is 0. The normalized spacial score (nSPS) is 10.0. The van der Waals surface area contributed by atoms with Gasteiger partial charge < -0.3 is 19.1 Å². The van der Waals surface area contributed by atoms with Crippen molar-refractivity contribution < 1.29 is 23.8 Å². The summed E-state index contributed by atoms with van der Waals surface area (Å²) in [6.45, 7) is 9.77. The van der Waals surface area contributed by atoms with E-state index in [1.807, 2.05) is 26.8 Å². The summed E-state index contributed by atoms with van der Waals surface area (Å²) in [6.07, 6.45) is 0. The van der Waals surface area contributed by atoms with Gasteiger partial charge in [-0.15, -0.1) is 0 Å². The maximum absolute atomic E-state index is 12.0. The first kappa shape index (κ1) is 19.5. The van der Waals surface area contributed by atoms with Gasteiger partial charge >= 0.3 is 5.97 Å². The smallest absolute Gasteiger partial charge is 0.344 e. The summed E-state index contributed by atoms with van der Waals surface area (Å²) in [6, 6.07) is 5.38. The molecule has 0 unspecified atom stereocenters. The number of rotatable bonds is 9. The van der Waals surface area contributed by atoms with Crippen molar-refractivity contribution in [3.63, 3.8) is 0 Å². The Morgan fingerprint density at radius 3 is 2.50 bits per heavy atom. The maximum Gasteiger partial charge on any atom is 0.344 e. The van der Waals surface area contributed by atoms with E-state index in [1.54, 1.807) is 17.0 Å². The number of amides is 1. The molecule has 0 aromatic heterocycles. The molecular weight excluding hydrogens is 310 g/mol. The number of methoxy groups -OCH3 is 1. The molecule has 0 spiro atoms. The van der Waals surface area contributed by atoms with Crippen molar-refractivity contribution in [1.29, 1.82) is 0 Å². The number of hydrogen-bond acceptors (Lipinski definition) is 5. The van der Waals surface area contributed by atoms with Crippen LogP contribution < -0.4 is 9.47 Å². The molecule has 1 aromatic rings. The van der Waals surface area contributed by atoms with Crippen LogP contribution in [-0.4, -0.2) is 50.2 Å². The van der Waals surface area contributed by atoms with Gasteiger partial charge in [0.05, 0.1) is 7.11 Å². The van der Waals surface area contributed by atoms with E-state index in [2.05, 4.69) is 6.58 Å². The van der Waals surface area contributed by atoms with E-state index >= 15 is 0 Å². The van der Waals surface area contributed by atoms with Crippen LogP contribution in [0.2, 0.25) is 0 Å². The van der Waals surface area contributed by atoms with Crippen LogP contribution in [0.15, 0.2) is 30.4 Å². The van der Waals surface area contributed by atoms with E-state index < -0.39 is 5.97 Å². The van der Waals surface area contributed by atoms with Gasteiger partial charge in [-0.05, 0) is 38.5 Å². The minimum Gasteiger partial charge on any atom is -0.493 e. The van der Waals surface area contributed by atoms with Crippen molar-refractivity contribution in [3.05, 3.63) is 35.9 Å². The van der Waals surface area contributed by atoms with Gasteiger partial charge in [0, 0.05) is 13.1 Å². The number of carbonyl (C=O) groups is 2. The molecule has 0 radical (unpaired) electrons. The highest BCUT2D eigenvalue weighted by Gasteiger charge is 2.15. The SMILES string of the molecule is C=C(C)CN(CC)C(=O)COC(=O)COc1ccc(C)cc1OC. The molecule has 132 valence electrons. The van der Waals surface area contributed by atoms with Gasteiger partial charge in [0.1, 0.15) is 0 Å². The molecule has 0 saturated carbocycles. The lowest BCUT2D eigenvalue weighted by molar-refractivity contribution is -0.153. The standard InChI is InChI=1S/C18H25NO5/c1-6-19(10-13(2)3)17(20)11-24-18(21)12-23-15-8-7-14(4)9-16(15)22-5/h7-9H,2,6,10-12H2,1,3-5H3. The molecule has 1 amide bonds. The van der Waals surface area contributed by atoms with Gasteiger partial charge in [-0.2, -0.15) is 0 Å². The first-order valence-corrected chi connectivity index (χ1v) is 7.72. The zero-order chi connectivity index (χ0) is 18.1. The zero-order valence-electron chi connectivity index (χ0n) is 14.8. The van der Waals surface area contributed by atoms with E-state index in [-0.39, 0.29) is 19.1 Å². The summed E-state index contributed by atoms with van der Waals surface area (Å²) < 4.78 is 15.5. The summed E-state index contributed by atoms with van der Waals surface area (Å²) in [7, 11) is 1.53. The predicted molar refractivity (Wildman–Crippen MR) is 91.3 cm³/mol. The largest absolute Gasteiger partial charge is 0.493 e. The first-order valence-electron chi connectivity index (χ1n) is 7.72. The van der Waals surface area contributed by atoms with Crippen molar-refractivity contribution in [2.75, 3.05) is 33.4 Å². The van der Waals surface area contributed by atoms with Crippen molar-refractivity contribution in [2.45, 2.75) is 20.8 Å². The fourth-order valence-corrected chi connectivity index (χ4v) is 2.01. The second-order valence-corrected chi connectivity index (χ2v) is 5.47. The third kappa shape index (κ3) is 6.32. The Kier molecular flexibility index (Phi) is 7.82. The summed E-state index contributed by atoms with van der Waals surface area (Å²) in [5.74, 6) is 0.112. The Morgan fingerprint density at radius 2 is 1.92 bits per heavy atom. The van der Waals surface area contributed by atoms with Gasteiger partial charge in [0.15, 0.2) is 24.7 Å². The molecule has 0 heterocycles. The molecule has 1 rings (SSSR count). The van der Waals surface area contributed by atoms with Crippen LogP contribution >= 0.6 is 0 Å². The van der Waals surface area contributed by atoms with Crippen LogP contribution in [0.5, 0.6) is 11.5 Å². The topological polar surface area (TPSA) is 65.1 Å². The van der Waals surface area contributed by atoms with Crippen LogP contribution in [0.3, 0.4) is 0 Å². The average Bonchev–Trinajstić information content (AvgIpc) is 2.55. The van der Waals surface area contributed by atoms with E-state index in [4.69, 9.17) is 14.2 Å². The third-order valence-corrected chi connectivity index (χ3v) is 3.22. The number of aryl methyl sites for hydroxylation is 1. The van der Waals surface area contributed by atoms with Crippen LogP contribution in [0.25, 0.3) is 0 Å². The van der Waals surface area contributed by atoms with Gasteiger partial charge in [0.2, 0.25) is 0 Å². The van der Waals surface area contributed by atoms with E-state index in [1.165, 1.54) is 7.11 Å². The highest BCUT2D eigenvalue weighted by molar-refractivity contribution is 5.81. The second kappa shape index (κ2) is 9.60. The quantitative estimate of drug-likeness (QED) is 0.512. The Hall–Kier alpha value is -2.50. The highest BCUT2D eigenvalue weighted by Crippen LogP contribution is 2.27. The molecular formula is C18H25NO5. The third-order valence-electron chi connectivity index (χ3n) is 3.22. The molecule has 0 N–H and O–H groups in total. The first-order chi connectivity index (χ1) is 11.4. The van der Waals surface area contributed by atoms with Crippen LogP contribution in [0, 0.1) is 6.92 Å². The molecule has 0 fully saturated rings. The Bertz CT molecular complexity index is 597. The molecule has 6 nitrogen and oxygen atoms in total. The van der Waals surface area contributed by atoms with Crippen molar-refractivity contribution in [3.8, 4) is 11.5 Å². The Balaban J connectivity index is 2.47. The summed E-state index contributed by atoms with van der Waals surface area (Å²) in [5, 5.41) is 0. The fraction of sp³-hybridized carbons (Fsp3) is 0.444. The molecule has 6 heteroatoms. The molecule has 0 bridgehead atoms. The van der Waals surface area contributed by atoms with E-state index in [9.17, 15) is 9.59 Å². The molecule has 0 aliphatic carbocycles. The second-order valence-electron chi connectivity index (χ2n) is 5.47. The highest BCUT2D eigenvalue weighted by atomic mass is 16.6. The number of hydrogen-bond donors (Lipinski definition) is 0. The van der Waals surface area contributed by atoms with Gasteiger partial charge in [-0.3, -0.25) is 4.79 Å². The number of ether oxygens (including phenoxy) is 3. The molecule has 1 aromatic carbocycles. The number of carbonyl (C=O) groups excluding carboxylic acids is 2. The van der Waals surface area contributed by atoms with Crippen molar-refractivity contribution in [1.82, 2.24) is 4.90 Å². The molecule has 0 saturated heterocycles. The lowest BCUT2D eigenvalue weighted by Crippen LogP contribution is -2.36. The van der Waals surface area contributed by atoms with Crippen molar-refractivity contribution >= 4 is 11.9 Å². The van der Waals surface area contributed by atoms with E-state index in [0.717, 1.165) is 11.1 Å². The minimum absolute atomic E-state index is 0.262. The van der Waals surface area contributed by atoms with Crippen LogP contribution in [0.4, 0.5) is 0 Å². The monoisotopic (exact) mass is 335 g/mol. The van der Waals surface area contributed by atoms with Gasteiger partial charge in [0.25, 0.3) is 5.91 Å².